The third-order valence-corrected chi connectivity index (χ3v) is 5.14. The summed E-state index contributed by atoms with van der Waals surface area (Å²) in [6.07, 6.45) is 0. The average Bonchev–Trinajstić information content (AvgIpc) is 2.80. The van der Waals surface area contributed by atoms with Crippen LogP contribution in [0.15, 0.2) is 84.0 Å². The van der Waals surface area contributed by atoms with Crippen LogP contribution in [0.25, 0.3) is 0 Å². The number of nitrogens with one attached hydrogen (secondary N) is 2. The molecular weight excluding hydrogens is 398 g/mol. The summed E-state index contributed by atoms with van der Waals surface area (Å²) in [5.74, 6) is 1.23. The predicted octanol–water partition coefficient (Wildman–Crippen LogP) is 6.54. The van der Waals surface area contributed by atoms with Gasteiger partial charge in [-0.1, -0.05) is 99.6 Å². The van der Waals surface area contributed by atoms with E-state index in [1.54, 1.807) is 0 Å². The van der Waals surface area contributed by atoms with Gasteiger partial charge in [-0.3, -0.25) is 0 Å². The lowest BCUT2D eigenvalue weighted by molar-refractivity contribution is 0.253. The van der Waals surface area contributed by atoms with Gasteiger partial charge in [0.2, 0.25) is 0 Å². The van der Waals surface area contributed by atoms with Gasteiger partial charge in [0.25, 0.3) is 0 Å². The lowest BCUT2D eigenvalue weighted by Gasteiger charge is -2.20. The third-order valence-electron chi connectivity index (χ3n) is 5.14. The Hall–Kier alpha value is -3.60. The number of hydrogen-bond acceptors (Lipinski definition) is 3. The number of urea groups is 1. The number of nitrogens with zero attached hydrogens (tertiary/aromatic N) is 1. The minimum atomic E-state index is -0.275. The van der Waals surface area contributed by atoms with Crippen LogP contribution in [0, 0.1) is 0 Å². The summed E-state index contributed by atoms with van der Waals surface area (Å²) >= 11 is 0. The first kappa shape index (κ1) is 23.1. The van der Waals surface area contributed by atoms with E-state index in [0.29, 0.717) is 23.3 Å². The van der Waals surface area contributed by atoms with E-state index in [-0.39, 0.29) is 12.6 Å². The molecule has 0 aliphatic rings. The van der Waals surface area contributed by atoms with Crippen LogP contribution in [-0.4, -0.2) is 18.3 Å². The monoisotopic (exact) mass is 429 g/mol. The maximum atomic E-state index is 12.9. The molecular formula is C27H31N3O2. The van der Waals surface area contributed by atoms with Crippen molar-refractivity contribution in [1.82, 2.24) is 5.32 Å². The van der Waals surface area contributed by atoms with Crippen LogP contribution in [0.2, 0.25) is 0 Å². The second-order valence-electron chi connectivity index (χ2n) is 8.24. The van der Waals surface area contributed by atoms with E-state index in [1.807, 2.05) is 60.7 Å². The minimum Gasteiger partial charge on any atom is -0.357 e. The van der Waals surface area contributed by atoms with Crippen molar-refractivity contribution in [2.24, 2.45) is 5.16 Å². The standard InChI is InChI=1S/C27H31N3O2/c1-19(2)23-16-11-17-24(20(3)4)26(23)29-27(31)28-18-25(21-12-7-5-8-13-21)30-32-22-14-9-6-10-15-22/h5-17,19-20H,18H2,1-4H3,(H2,28,29,31). The summed E-state index contributed by atoms with van der Waals surface area (Å²) in [6, 6.07) is 25.0. The summed E-state index contributed by atoms with van der Waals surface area (Å²) in [6.45, 7) is 8.74. The maximum Gasteiger partial charge on any atom is 0.319 e. The second-order valence-corrected chi connectivity index (χ2v) is 8.24. The van der Waals surface area contributed by atoms with Crippen LogP contribution in [-0.2, 0) is 0 Å². The van der Waals surface area contributed by atoms with E-state index >= 15 is 0 Å². The first-order valence-electron chi connectivity index (χ1n) is 11.0. The molecule has 0 fully saturated rings. The van der Waals surface area contributed by atoms with E-state index in [4.69, 9.17) is 4.84 Å². The van der Waals surface area contributed by atoms with E-state index < -0.39 is 0 Å². The normalized spacial score (nSPS) is 11.5. The molecule has 0 saturated carbocycles. The molecule has 0 saturated heterocycles. The molecule has 0 atom stereocenters. The van der Waals surface area contributed by atoms with E-state index in [9.17, 15) is 4.79 Å². The zero-order chi connectivity index (χ0) is 22.9. The van der Waals surface area contributed by atoms with E-state index in [0.717, 1.165) is 22.4 Å². The largest absolute Gasteiger partial charge is 0.357 e. The van der Waals surface area contributed by atoms with Crippen LogP contribution in [0.5, 0.6) is 5.75 Å². The van der Waals surface area contributed by atoms with Gasteiger partial charge in [-0.05, 0) is 35.1 Å². The minimum absolute atomic E-state index is 0.226. The molecule has 3 rings (SSSR count). The van der Waals surface area contributed by atoms with Gasteiger partial charge >= 0.3 is 6.03 Å². The first-order chi connectivity index (χ1) is 15.5. The molecule has 0 unspecified atom stereocenters. The SMILES string of the molecule is CC(C)c1cccc(C(C)C)c1NC(=O)NCC(=NOc1ccccc1)c1ccccc1. The number of benzene rings is 3. The Balaban J connectivity index is 1.76. The number of para-hydroxylation sites is 2. The zero-order valence-electron chi connectivity index (χ0n) is 19.1. The van der Waals surface area contributed by atoms with Crippen molar-refractivity contribution < 1.29 is 9.63 Å². The topological polar surface area (TPSA) is 62.7 Å². The average molecular weight is 430 g/mol. The van der Waals surface area contributed by atoms with Crippen molar-refractivity contribution in [3.8, 4) is 5.75 Å². The van der Waals surface area contributed by atoms with Crippen LogP contribution in [0.4, 0.5) is 10.5 Å². The summed E-state index contributed by atoms with van der Waals surface area (Å²) in [4.78, 5) is 18.4. The number of rotatable bonds is 8. The van der Waals surface area contributed by atoms with Gasteiger partial charge in [-0.25, -0.2) is 4.79 Å². The van der Waals surface area contributed by atoms with Gasteiger partial charge in [-0.15, -0.1) is 0 Å². The molecule has 0 bridgehead atoms. The fourth-order valence-electron chi connectivity index (χ4n) is 3.42. The van der Waals surface area contributed by atoms with Crippen molar-refractivity contribution in [3.63, 3.8) is 0 Å². The van der Waals surface area contributed by atoms with Crippen molar-refractivity contribution in [3.05, 3.63) is 95.6 Å². The van der Waals surface area contributed by atoms with Gasteiger partial charge in [0.05, 0.1) is 6.54 Å². The highest BCUT2D eigenvalue weighted by molar-refractivity contribution is 6.04. The summed E-state index contributed by atoms with van der Waals surface area (Å²) < 4.78 is 0. The molecule has 2 amide bonds. The van der Waals surface area contributed by atoms with Crippen LogP contribution >= 0.6 is 0 Å². The van der Waals surface area contributed by atoms with Gasteiger partial charge in [-0.2, -0.15) is 0 Å². The Morgan fingerprint density at radius 2 is 1.38 bits per heavy atom. The quantitative estimate of drug-likeness (QED) is 0.315. The highest BCUT2D eigenvalue weighted by Gasteiger charge is 2.16. The van der Waals surface area contributed by atoms with Crippen LogP contribution < -0.4 is 15.5 Å². The highest BCUT2D eigenvalue weighted by atomic mass is 16.6. The molecule has 3 aromatic carbocycles. The Morgan fingerprint density at radius 3 is 1.94 bits per heavy atom. The summed E-state index contributed by atoms with van der Waals surface area (Å²) in [5, 5.41) is 10.3. The molecule has 5 nitrogen and oxygen atoms in total. The predicted molar refractivity (Wildman–Crippen MR) is 132 cm³/mol. The van der Waals surface area contributed by atoms with Gasteiger partial charge in [0.1, 0.15) is 5.71 Å². The number of amides is 2. The van der Waals surface area contributed by atoms with Crippen molar-refractivity contribution in [2.45, 2.75) is 39.5 Å². The van der Waals surface area contributed by atoms with Gasteiger partial charge in [0, 0.05) is 11.3 Å². The fraction of sp³-hybridized carbons (Fsp3) is 0.259. The molecule has 0 heterocycles. The molecule has 0 spiro atoms. The first-order valence-corrected chi connectivity index (χ1v) is 11.0. The molecule has 0 aliphatic heterocycles. The van der Waals surface area contributed by atoms with Crippen molar-refractivity contribution >= 4 is 17.4 Å². The molecule has 3 aromatic rings. The Morgan fingerprint density at radius 1 is 0.812 bits per heavy atom. The molecule has 0 aliphatic carbocycles. The molecule has 0 aromatic heterocycles. The highest BCUT2D eigenvalue weighted by Crippen LogP contribution is 2.32. The number of anilines is 1. The molecule has 166 valence electrons. The second kappa shape index (κ2) is 11.1. The van der Waals surface area contributed by atoms with Gasteiger partial charge in [0.15, 0.2) is 5.75 Å². The molecule has 2 N–H and O–H groups in total. The number of carbonyl (C=O) groups is 1. The van der Waals surface area contributed by atoms with Crippen LogP contribution in [0.3, 0.4) is 0 Å². The number of hydrogen-bond donors (Lipinski definition) is 2. The number of oxime groups is 1. The molecule has 32 heavy (non-hydrogen) atoms. The summed E-state index contributed by atoms with van der Waals surface area (Å²) in [7, 11) is 0. The summed E-state index contributed by atoms with van der Waals surface area (Å²) in [5.41, 5.74) is 4.64. The molecule has 5 heteroatoms. The Labute approximate surface area is 190 Å². The lowest BCUT2D eigenvalue weighted by Crippen LogP contribution is -2.34. The fourth-order valence-corrected chi connectivity index (χ4v) is 3.42. The van der Waals surface area contributed by atoms with Crippen molar-refractivity contribution in [1.29, 1.82) is 0 Å². The lowest BCUT2D eigenvalue weighted by atomic mass is 9.93. The molecule has 0 radical (unpaired) electrons. The van der Waals surface area contributed by atoms with Gasteiger partial charge < -0.3 is 15.5 Å². The maximum absolute atomic E-state index is 12.9. The van der Waals surface area contributed by atoms with E-state index in [2.05, 4.69) is 61.7 Å². The Bertz CT molecular complexity index is 1020. The van der Waals surface area contributed by atoms with Crippen molar-refractivity contribution in [2.75, 3.05) is 11.9 Å². The Kier molecular flexibility index (Phi) is 8.03. The third kappa shape index (κ3) is 6.20. The van der Waals surface area contributed by atoms with E-state index in [1.165, 1.54) is 0 Å². The number of carbonyl (C=O) groups excluding carboxylic acids is 1. The zero-order valence-corrected chi connectivity index (χ0v) is 19.1. The smallest absolute Gasteiger partial charge is 0.319 e. The van der Waals surface area contributed by atoms with Crippen LogP contribution in [0.1, 0.15) is 56.2 Å².